The summed E-state index contributed by atoms with van der Waals surface area (Å²) in [5.41, 5.74) is 1.16. The van der Waals surface area contributed by atoms with E-state index in [9.17, 15) is 5.11 Å². The van der Waals surface area contributed by atoms with Gasteiger partial charge in [-0.15, -0.1) is 11.3 Å². The second-order valence-electron chi connectivity index (χ2n) is 5.21. The summed E-state index contributed by atoms with van der Waals surface area (Å²) < 4.78 is 8.14. The number of aromatic hydroxyl groups is 1. The van der Waals surface area contributed by atoms with Crippen LogP contribution in [0.3, 0.4) is 0 Å². The summed E-state index contributed by atoms with van der Waals surface area (Å²) in [4.78, 5) is 0. The predicted octanol–water partition coefficient (Wildman–Crippen LogP) is 5.34. The monoisotopic (exact) mass is 306 g/mol. The molecule has 0 saturated heterocycles. The number of ether oxygens (including phenoxy) is 1. The van der Waals surface area contributed by atoms with Gasteiger partial charge in [0.1, 0.15) is 18.1 Å². The molecular weight excluding hydrogens is 292 g/mol. The Morgan fingerprint density at radius 2 is 1.55 bits per heavy atom. The van der Waals surface area contributed by atoms with Crippen molar-refractivity contribution < 1.29 is 9.84 Å². The molecule has 0 saturated carbocycles. The van der Waals surface area contributed by atoms with Gasteiger partial charge in [0, 0.05) is 20.2 Å². The molecule has 3 heteroatoms. The molecule has 0 spiro atoms. The van der Waals surface area contributed by atoms with E-state index in [0.717, 1.165) is 16.0 Å². The molecule has 0 aliphatic rings. The largest absolute Gasteiger partial charge is 0.508 e. The molecular formula is C19H14O2S. The van der Waals surface area contributed by atoms with Gasteiger partial charge in [0.25, 0.3) is 0 Å². The molecule has 1 aromatic heterocycles. The Bertz CT molecular complexity index is 942. The van der Waals surface area contributed by atoms with Crippen molar-refractivity contribution in [3.8, 4) is 11.5 Å². The van der Waals surface area contributed by atoms with Gasteiger partial charge in [-0.25, -0.2) is 0 Å². The number of phenolic OH excluding ortho intramolecular Hbond substituents is 1. The molecule has 0 amide bonds. The molecule has 1 N–H and O–H groups in total. The molecule has 3 aromatic carbocycles. The highest BCUT2D eigenvalue weighted by atomic mass is 32.1. The Balaban J connectivity index is 1.67. The fraction of sp³-hybridized carbons (Fsp3) is 0.0526. The van der Waals surface area contributed by atoms with Crippen molar-refractivity contribution in [3.05, 3.63) is 72.3 Å². The summed E-state index contributed by atoms with van der Waals surface area (Å²) in [6.45, 7) is 0.567. The van der Waals surface area contributed by atoms with E-state index in [4.69, 9.17) is 4.74 Å². The average molecular weight is 306 g/mol. The Morgan fingerprint density at radius 3 is 2.36 bits per heavy atom. The van der Waals surface area contributed by atoms with Crippen molar-refractivity contribution in [3.63, 3.8) is 0 Å². The van der Waals surface area contributed by atoms with Gasteiger partial charge in [-0.2, -0.15) is 0 Å². The van der Waals surface area contributed by atoms with Crippen LogP contribution in [0.4, 0.5) is 0 Å². The summed E-state index contributed by atoms with van der Waals surface area (Å²) in [7, 11) is 0. The first-order chi connectivity index (χ1) is 10.8. The van der Waals surface area contributed by atoms with Gasteiger partial charge in [-0.1, -0.05) is 30.3 Å². The van der Waals surface area contributed by atoms with Crippen LogP contribution in [0.15, 0.2) is 66.7 Å². The highest BCUT2D eigenvalue weighted by Gasteiger charge is 2.07. The quantitative estimate of drug-likeness (QED) is 0.553. The summed E-state index contributed by atoms with van der Waals surface area (Å²) in [5, 5.41) is 12.0. The van der Waals surface area contributed by atoms with E-state index in [0.29, 0.717) is 12.4 Å². The molecule has 108 valence electrons. The minimum atomic E-state index is 0.305. The van der Waals surface area contributed by atoms with Crippen LogP contribution in [0.1, 0.15) is 5.56 Å². The summed E-state index contributed by atoms with van der Waals surface area (Å²) >= 11 is 1.67. The number of rotatable bonds is 3. The topological polar surface area (TPSA) is 29.5 Å². The Hall–Kier alpha value is -2.52. The molecule has 4 rings (SSSR count). The maximum absolute atomic E-state index is 9.60. The van der Waals surface area contributed by atoms with Gasteiger partial charge in [-0.3, -0.25) is 0 Å². The number of fused-ring (bicyclic) bond motifs is 3. The number of hydrogen-bond donors (Lipinski definition) is 1. The minimum Gasteiger partial charge on any atom is -0.508 e. The lowest BCUT2D eigenvalue weighted by Crippen LogP contribution is -1.94. The molecule has 0 bridgehead atoms. The van der Waals surface area contributed by atoms with Crippen LogP contribution in [0.25, 0.3) is 20.2 Å². The van der Waals surface area contributed by atoms with E-state index >= 15 is 0 Å². The van der Waals surface area contributed by atoms with Crippen LogP contribution in [0, 0.1) is 0 Å². The standard InChI is InChI=1S/C19H14O2S/c20-14-6-8-16-17-9-7-15(11-19(17)22-18(16)10-14)21-12-13-4-2-1-3-5-13/h1-11,20H,12H2. The SMILES string of the molecule is Oc1ccc2c(c1)sc1cc(OCc3ccccc3)ccc12. The van der Waals surface area contributed by atoms with Crippen molar-refractivity contribution in [2.24, 2.45) is 0 Å². The molecule has 4 aromatic rings. The maximum atomic E-state index is 9.60. The molecule has 1 heterocycles. The van der Waals surface area contributed by atoms with E-state index < -0.39 is 0 Å². The van der Waals surface area contributed by atoms with Gasteiger partial charge < -0.3 is 9.84 Å². The minimum absolute atomic E-state index is 0.305. The van der Waals surface area contributed by atoms with Gasteiger partial charge in [0.2, 0.25) is 0 Å². The lowest BCUT2D eigenvalue weighted by molar-refractivity contribution is 0.306. The highest BCUT2D eigenvalue weighted by Crippen LogP contribution is 2.37. The number of thiophene rings is 1. The second kappa shape index (κ2) is 5.35. The van der Waals surface area contributed by atoms with Gasteiger partial charge in [0.15, 0.2) is 0 Å². The second-order valence-corrected chi connectivity index (χ2v) is 6.30. The molecule has 0 radical (unpaired) electrons. The number of hydrogen-bond acceptors (Lipinski definition) is 3. The van der Waals surface area contributed by atoms with E-state index in [1.54, 1.807) is 17.4 Å². The Morgan fingerprint density at radius 1 is 0.818 bits per heavy atom. The van der Waals surface area contributed by atoms with Crippen molar-refractivity contribution >= 4 is 31.5 Å². The molecule has 0 unspecified atom stereocenters. The first-order valence-electron chi connectivity index (χ1n) is 7.11. The lowest BCUT2D eigenvalue weighted by Gasteiger charge is -2.06. The maximum Gasteiger partial charge on any atom is 0.121 e. The van der Waals surface area contributed by atoms with Crippen LogP contribution in [0.2, 0.25) is 0 Å². The third-order valence-electron chi connectivity index (χ3n) is 3.68. The summed E-state index contributed by atoms with van der Waals surface area (Å²) in [6.07, 6.45) is 0. The zero-order valence-electron chi connectivity index (χ0n) is 11.8. The average Bonchev–Trinajstić information content (AvgIpc) is 2.90. The third-order valence-corrected chi connectivity index (χ3v) is 4.79. The van der Waals surface area contributed by atoms with Gasteiger partial charge >= 0.3 is 0 Å². The number of phenols is 1. The third kappa shape index (κ3) is 2.40. The molecule has 0 aliphatic carbocycles. The highest BCUT2D eigenvalue weighted by molar-refractivity contribution is 7.25. The van der Waals surface area contributed by atoms with Crippen LogP contribution in [-0.4, -0.2) is 5.11 Å². The fourth-order valence-corrected chi connectivity index (χ4v) is 3.74. The van der Waals surface area contributed by atoms with Crippen molar-refractivity contribution in [1.29, 1.82) is 0 Å². The zero-order chi connectivity index (χ0) is 14.9. The lowest BCUT2D eigenvalue weighted by atomic mass is 10.1. The predicted molar refractivity (Wildman–Crippen MR) is 91.8 cm³/mol. The van der Waals surface area contributed by atoms with E-state index in [-0.39, 0.29) is 0 Å². The van der Waals surface area contributed by atoms with Gasteiger partial charge in [0.05, 0.1) is 0 Å². The van der Waals surface area contributed by atoms with Crippen molar-refractivity contribution in [2.75, 3.05) is 0 Å². The van der Waals surface area contributed by atoms with Crippen molar-refractivity contribution in [2.45, 2.75) is 6.61 Å². The van der Waals surface area contributed by atoms with E-state index in [1.807, 2.05) is 36.4 Å². The molecule has 2 nitrogen and oxygen atoms in total. The Kier molecular flexibility index (Phi) is 3.20. The normalized spacial score (nSPS) is 11.1. The smallest absolute Gasteiger partial charge is 0.121 e. The molecule has 0 atom stereocenters. The summed E-state index contributed by atoms with van der Waals surface area (Å²) in [6, 6.07) is 21.8. The zero-order valence-corrected chi connectivity index (χ0v) is 12.6. The summed E-state index contributed by atoms with van der Waals surface area (Å²) in [5.74, 6) is 1.17. The Labute approximate surface area is 132 Å². The molecule has 0 aliphatic heterocycles. The van der Waals surface area contributed by atoms with Crippen LogP contribution >= 0.6 is 11.3 Å². The van der Waals surface area contributed by atoms with Crippen LogP contribution in [0.5, 0.6) is 11.5 Å². The first-order valence-corrected chi connectivity index (χ1v) is 7.93. The first kappa shape index (κ1) is 13.2. The van der Waals surface area contributed by atoms with Gasteiger partial charge in [-0.05, 0) is 42.0 Å². The fourth-order valence-electron chi connectivity index (χ4n) is 2.58. The molecule has 22 heavy (non-hydrogen) atoms. The van der Waals surface area contributed by atoms with Crippen LogP contribution < -0.4 is 4.74 Å². The van der Waals surface area contributed by atoms with Crippen molar-refractivity contribution in [1.82, 2.24) is 0 Å². The van der Waals surface area contributed by atoms with E-state index in [1.165, 1.54) is 15.5 Å². The van der Waals surface area contributed by atoms with Crippen LogP contribution in [-0.2, 0) is 6.61 Å². The molecule has 0 fully saturated rings. The number of benzene rings is 3. The van der Waals surface area contributed by atoms with E-state index in [2.05, 4.69) is 24.3 Å².